The molecule has 1 aromatic rings. The molecule has 0 aromatic carbocycles. The SMILES string of the molecule is CCCn1ccnc1CC(COCC(F)(F)C(F)F)NC. The Morgan fingerprint density at radius 1 is 1.43 bits per heavy atom. The predicted octanol–water partition coefficient (Wildman–Crippen LogP) is 2.34. The first-order valence-corrected chi connectivity index (χ1v) is 6.81. The van der Waals surface area contributed by atoms with Crippen molar-refractivity contribution in [2.24, 2.45) is 0 Å². The van der Waals surface area contributed by atoms with Gasteiger partial charge in [-0.25, -0.2) is 13.8 Å². The number of aromatic nitrogens is 2. The Labute approximate surface area is 121 Å². The van der Waals surface area contributed by atoms with Crippen LogP contribution in [0.1, 0.15) is 19.2 Å². The summed E-state index contributed by atoms with van der Waals surface area (Å²) in [6, 6.07) is -0.267. The molecule has 1 rings (SSSR count). The summed E-state index contributed by atoms with van der Waals surface area (Å²) in [5.74, 6) is -3.31. The summed E-state index contributed by atoms with van der Waals surface area (Å²) < 4.78 is 56.2. The van der Waals surface area contributed by atoms with E-state index in [1.807, 2.05) is 17.7 Å². The maximum absolute atomic E-state index is 12.7. The highest BCUT2D eigenvalue weighted by Crippen LogP contribution is 2.22. The zero-order valence-corrected chi connectivity index (χ0v) is 12.2. The maximum atomic E-state index is 12.7. The smallest absolute Gasteiger partial charge is 0.330 e. The summed E-state index contributed by atoms with van der Waals surface area (Å²) >= 11 is 0. The van der Waals surface area contributed by atoms with Crippen molar-refractivity contribution >= 4 is 0 Å². The first kappa shape index (κ1) is 17.9. The number of halogens is 4. The number of ether oxygens (including phenoxy) is 1. The van der Waals surface area contributed by atoms with Crippen molar-refractivity contribution < 1.29 is 22.3 Å². The third kappa shape index (κ3) is 5.62. The molecule has 1 heterocycles. The van der Waals surface area contributed by atoms with Crippen LogP contribution in [0.2, 0.25) is 0 Å². The molecular formula is C13H21F4N3O. The van der Waals surface area contributed by atoms with Crippen LogP contribution < -0.4 is 5.32 Å². The molecule has 0 spiro atoms. The summed E-state index contributed by atoms with van der Waals surface area (Å²) in [5.41, 5.74) is 0. The van der Waals surface area contributed by atoms with Crippen LogP contribution in [0.25, 0.3) is 0 Å². The number of hydrogen-bond donors (Lipinski definition) is 1. The minimum Gasteiger partial charge on any atom is -0.373 e. The third-order valence-electron chi connectivity index (χ3n) is 3.04. The largest absolute Gasteiger partial charge is 0.373 e. The van der Waals surface area contributed by atoms with E-state index in [0.717, 1.165) is 18.8 Å². The van der Waals surface area contributed by atoms with Gasteiger partial charge in [-0.1, -0.05) is 6.92 Å². The fourth-order valence-corrected chi connectivity index (χ4v) is 1.84. The minimum atomic E-state index is -4.11. The van der Waals surface area contributed by atoms with E-state index in [2.05, 4.69) is 10.3 Å². The zero-order valence-electron chi connectivity index (χ0n) is 12.2. The van der Waals surface area contributed by atoms with Crippen molar-refractivity contribution in [1.82, 2.24) is 14.9 Å². The summed E-state index contributed by atoms with van der Waals surface area (Å²) in [6.07, 6.45) is 1.23. The topological polar surface area (TPSA) is 39.1 Å². The van der Waals surface area contributed by atoms with Gasteiger partial charge >= 0.3 is 12.3 Å². The van der Waals surface area contributed by atoms with Crippen LogP contribution in [-0.2, 0) is 17.7 Å². The van der Waals surface area contributed by atoms with Crippen LogP contribution in [0.4, 0.5) is 17.6 Å². The highest BCUT2D eigenvalue weighted by Gasteiger charge is 2.41. The molecule has 1 aromatic heterocycles. The van der Waals surface area contributed by atoms with Crippen LogP contribution in [0.15, 0.2) is 12.4 Å². The molecule has 0 amide bonds. The number of nitrogens with zero attached hydrogens (tertiary/aromatic N) is 2. The molecule has 0 radical (unpaired) electrons. The first-order chi connectivity index (χ1) is 9.90. The van der Waals surface area contributed by atoms with Crippen LogP contribution in [-0.4, -0.2) is 48.2 Å². The summed E-state index contributed by atoms with van der Waals surface area (Å²) in [6.45, 7) is 1.48. The predicted molar refractivity (Wildman–Crippen MR) is 70.8 cm³/mol. The van der Waals surface area contributed by atoms with E-state index in [1.54, 1.807) is 13.2 Å². The molecule has 8 heteroatoms. The lowest BCUT2D eigenvalue weighted by molar-refractivity contribution is -0.166. The van der Waals surface area contributed by atoms with Gasteiger partial charge in [0.1, 0.15) is 12.4 Å². The van der Waals surface area contributed by atoms with Crippen molar-refractivity contribution in [1.29, 1.82) is 0 Å². The number of rotatable bonds is 10. The van der Waals surface area contributed by atoms with E-state index in [-0.39, 0.29) is 12.6 Å². The van der Waals surface area contributed by atoms with Crippen LogP contribution >= 0.6 is 0 Å². The standard InChI is InChI=1S/C13H21F4N3O/c1-3-5-20-6-4-19-11(20)7-10(18-2)8-21-9-13(16,17)12(14)15/h4,6,10,12,18H,3,5,7-9H2,1-2H3. The Morgan fingerprint density at radius 2 is 2.14 bits per heavy atom. The summed E-state index contributed by atoms with van der Waals surface area (Å²) in [4.78, 5) is 4.21. The lowest BCUT2D eigenvalue weighted by atomic mass is 10.2. The van der Waals surface area contributed by atoms with Crippen molar-refractivity contribution in [2.75, 3.05) is 20.3 Å². The Balaban J connectivity index is 2.47. The second kappa shape index (κ2) is 8.33. The minimum absolute atomic E-state index is 0.0855. The molecule has 1 unspecified atom stereocenters. The van der Waals surface area contributed by atoms with E-state index in [9.17, 15) is 17.6 Å². The Kier molecular flexibility index (Phi) is 7.10. The van der Waals surface area contributed by atoms with Gasteiger partial charge in [-0.3, -0.25) is 0 Å². The van der Waals surface area contributed by atoms with Gasteiger partial charge in [0.2, 0.25) is 0 Å². The van der Waals surface area contributed by atoms with Gasteiger partial charge in [-0.2, -0.15) is 8.78 Å². The molecule has 4 nitrogen and oxygen atoms in total. The van der Waals surface area contributed by atoms with E-state index in [0.29, 0.717) is 6.42 Å². The molecule has 0 aliphatic rings. The zero-order chi connectivity index (χ0) is 15.9. The average molecular weight is 311 g/mol. The van der Waals surface area contributed by atoms with Gasteiger partial charge in [0.15, 0.2) is 0 Å². The molecule has 122 valence electrons. The highest BCUT2D eigenvalue weighted by molar-refractivity contribution is 4.95. The molecule has 0 bridgehead atoms. The van der Waals surface area contributed by atoms with E-state index in [4.69, 9.17) is 4.74 Å². The molecule has 1 N–H and O–H groups in total. The van der Waals surface area contributed by atoms with E-state index >= 15 is 0 Å². The van der Waals surface area contributed by atoms with Crippen LogP contribution in [0, 0.1) is 0 Å². The Bertz CT molecular complexity index is 412. The number of likely N-dealkylation sites (N-methyl/N-ethyl adjacent to an activating group) is 1. The molecule has 21 heavy (non-hydrogen) atoms. The van der Waals surface area contributed by atoms with Gasteiger partial charge < -0.3 is 14.6 Å². The van der Waals surface area contributed by atoms with Crippen molar-refractivity contribution in [3.8, 4) is 0 Å². The monoisotopic (exact) mass is 311 g/mol. The lowest BCUT2D eigenvalue weighted by Gasteiger charge is -2.20. The van der Waals surface area contributed by atoms with Gasteiger partial charge in [-0.05, 0) is 13.5 Å². The van der Waals surface area contributed by atoms with E-state index in [1.165, 1.54) is 0 Å². The Morgan fingerprint density at radius 3 is 2.71 bits per heavy atom. The molecule has 0 aliphatic heterocycles. The molecule has 0 saturated heterocycles. The normalized spacial score (nSPS) is 13.9. The van der Waals surface area contributed by atoms with Crippen molar-refractivity contribution in [3.63, 3.8) is 0 Å². The molecule has 0 fully saturated rings. The second-order valence-electron chi connectivity index (χ2n) is 4.80. The number of nitrogens with one attached hydrogen (secondary N) is 1. The third-order valence-corrected chi connectivity index (χ3v) is 3.04. The molecule has 0 saturated carbocycles. The first-order valence-electron chi connectivity index (χ1n) is 6.81. The van der Waals surface area contributed by atoms with Crippen LogP contribution in [0.3, 0.4) is 0 Å². The molecule has 0 aliphatic carbocycles. The lowest BCUT2D eigenvalue weighted by Crippen LogP contribution is -2.38. The number of aryl methyl sites for hydroxylation is 1. The number of alkyl halides is 4. The highest BCUT2D eigenvalue weighted by atomic mass is 19.3. The molecule has 1 atom stereocenters. The van der Waals surface area contributed by atoms with Gasteiger partial charge in [0.25, 0.3) is 0 Å². The van der Waals surface area contributed by atoms with E-state index < -0.39 is 19.0 Å². The van der Waals surface area contributed by atoms with Gasteiger partial charge in [-0.15, -0.1) is 0 Å². The molecular weight excluding hydrogens is 290 g/mol. The fraction of sp³-hybridized carbons (Fsp3) is 0.769. The van der Waals surface area contributed by atoms with Crippen LogP contribution in [0.5, 0.6) is 0 Å². The maximum Gasteiger partial charge on any atom is 0.330 e. The fourth-order valence-electron chi connectivity index (χ4n) is 1.84. The quantitative estimate of drug-likeness (QED) is 0.674. The summed E-state index contributed by atoms with van der Waals surface area (Å²) in [5, 5.41) is 2.91. The Hall–Kier alpha value is -1.15. The second-order valence-corrected chi connectivity index (χ2v) is 4.80. The van der Waals surface area contributed by atoms with Gasteiger partial charge in [0.05, 0.1) is 6.61 Å². The number of imidazole rings is 1. The average Bonchev–Trinajstić information content (AvgIpc) is 2.85. The van der Waals surface area contributed by atoms with Gasteiger partial charge in [0, 0.05) is 31.4 Å². The summed E-state index contributed by atoms with van der Waals surface area (Å²) in [7, 11) is 1.66. The van der Waals surface area contributed by atoms with Crippen molar-refractivity contribution in [3.05, 3.63) is 18.2 Å². The number of hydrogen-bond acceptors (Lipinski definition) is 3. The van der Waals surface area contributed by atoms with Crippen molar-refractivity contribution in [2.45, 2.75) is 44.7 Å².